The van der Waals surface area contributed by atoms with Crippen LogP contribution < -0.4 is 27.4 Å². The molecule has 12 bridgehead atoms. The summed E-state index contributed by atoms with van der Waals surface area (Å²) in [4.78, 5) is 6.26. The molecule has 9 heteroatoms. The molecule has 2 saturated heterocycles. The number of benzene rings is 3. The highest BCUT2D eigenvalue weighted by molar-refractivity contribution is 7.80. The minimum absolute atomic E-state index is 0.0414. The van der Waals surface area contributed by atoms with Gasteiger partial charge in [0.2, 0.25) is 0 Å². The normalized spacial score (nSPS) is 45.7. The Morgan fingerprint density at radius 2 is 1.01 bits per heavy atom. The van der Waals surface area contributed by atoms with Gasteiger partial charge in [0, 0.05) is 53.5 Å². The topological polar surface area (TPSA) is 91.4 Å². The number of rotatable bonds is 10. The molecule has 3 aromatic carbocycles. The average molecular weight is 1120 g/mol. The number of thiocarbonyl (C=S) groups is 3. The second-order valence-corrected chi connectivity index (χ2v) is 33.5. The number of hydrogen-bond acceptors (Lipinski definition) is 6. The summed E-state index contributed by atoms with van der Waals surface area (Å²) in [5.74, 6) is 1.89. The van der Waals surface area contributed by atoms with Crippen LogP contribution in [0.25, 0.3) is 0 Å². The molecular formula is C70H94N6S3. The van der Waals surface area contributed by atoms with Gasteiger partial charge in [0.1, 0.15) is 0 Å². The Balaban J connectivity index is 0.759. The Kier molecular flexibility index (Phi) is 12.3. The number of nitrogens with one attached hydrogen (secondary N) is 3. The highest BCUT2D eigenvalue weighted by Gasteiger charge is 2.71. The summed E-state index contributed by atoms with van der Waals surface area (Å²) in [6.07, 6.45) is 30.1. The van der Waals surface area contributed by atoms with Crippen molar-refractivity contribution in [2.24, 2.45) is 55.8 Å². The van der Waals surface area contributed by atoms with E-state index in [4.69, 9.17) is 48.1 Å². The Bertz CT molecular complexity index is 2910. The standard InChI is InChI=1S/C70H94N6S3/c1-61-29-46-30-64(34-61,42-67(31-46,35-61)60(79)76-27-23-54(72)24-28-76)50-13-15-52(16-14-50)69-37-62(2)36-68(43-69,44-70(38-62,45-69)59(78)74-55-19-17-53(71)18-20-55)51-11-9-47(10-12-51)57-48-32-65(49-7-5-4-6-8-49)39-63(57,3)40-66(33-48,41-65)58(77)75-56-21-25-73-26-22-56/h4-16,46,48,53-57,73H,17-45,71-72H2,1-3H3,(H,74,78)(H,75,77)/t46-,48?,53-,55-,57?,61-,62+,63-,64-,65-,66?,67?,68+,69?,70?/m1/s1. The van der Waals surface area contributed by atoms with Gasteiger partial charge in [-0.1, -0.05) is 136 Å². The van der Waals surface area contributed by atoms with Crippen LogP contribution in [0.4, 0.5) is 0 Å². The summed E-state index contributed by atoms with van der Waals surface area (Å²) < 4.78 is 0. The summed E-state index contributed by atoms with van der Waals surface area (Å²) in [5.41, 5.74) is 22.2. The van der Waals surface area contributed by atoms with Crippen LogP contribution >= 0.6 is 36.7 Å². The second kappa shape index (κ2) is 18.4. The van der Waals surface area contributed by atoms with Crippen LogP contribution in [0.2, 0.25) is 0 Å². The lowest BCUT2D eigenvalue weighted by atomic mass is 9.33. The van der Waals surface area contributed by atoms with Gasteiger partial charge in [0.15, 0.2) is 0 Å². The number of hydrogen-bond donors (Lipinski definition) is 5. The molecule has 2 heterocycles. The fourth-order valence-corrected chi connectivity index (χ4v) is 26.0. The SMILES string of the molecule is C[C@]12C[C@H]3CC(C(=S)N4CCC(N)CC4)(C1)C[C@@](c1ccc(C45CC6(C(=S)N[C@H]7CC[C@H](N)CC7)C[C@](C)(C4)C[C@@](c4ccc(C7C8CC9(C(=S)NC%10CCNCC%10)C[C@@](c%10ccccc%10)(C8)C[C@]7(C)C9)cc4)(C6)C5)cc1)(C3)C2. The third-order valence-corrected chi connectivity index (χ3v) is 27.6. The lowest BCUT2D eigenvalue weighted by molar-refractivity contribution is -0.107. The molecule has 13 atom stereocenters. The van der Waals surface area contributed by atoms with Crippen molar-refractivity contribution in [3.8, 4) is 0 Å². The van der Waals surface area contributed by atoms with Gasteiger partial charge < -0.3 is 32.3 Å². The fourth-order valence-electron chi connectivity index (χ4n) is 24.9. The summed E-state index contributed by atoms with van der Waals surface area (Å²) in [6, 6.07) is 34.6. The van der Waals surface area contributed by atoms with E-state index in [1.165, 1.54) is 111 Å². The van der Waals surface area contributed by atoms with E-state index in [9.17, 15) is 0 Å². The van der Waals surface area contributed by atoms with Crippen LogP contribution in [0.1, 0.15) is 215 Å². The van der Waals surface area contributed by atoms with E-state index < -0.39 is 0 Å². The number of piperidine rings is 2. The minimum atomic E-state index is -0.0414. The molecular weight excluding hydrogens is 1020 g/mol. The maximum absolute atomic E-state index is 6.88. The van der Waals surface area contributed by atoms with E-state index in [0.717, 1.165) is 96.3 Å². The van der Waals surface area contributed by atoms with Gasteiger partial charge in [0.05, 0.1) is 15.0 Å². The lowest BCUT2D eigenvalue weighted by Crippen LogP contribution is -2.67. The number of nitrogens with two attached hydrogens (primary N) is 2. The maximum atomic E-state index is 6.88. The van der Waals surface area contributed by atoms with Gasteiger partial charge in [-0.3, -0.25) is 0 Å². The van der Waals surface area contributed by atoms with Crippen molar-refractivity contribution in [3.63, 3.8) is 0 Å². The molecule has 0 spiro atoms. The summed E-state index contributed by atoms with van der Waals surface area (Å²) >= 11 is 20.2. The number of nitrogens with zero attached hydrogens (tertiary/aromatic N) is 1. The molecule has 7 N–H and O–H groups in total. The zero-order valence-electron chi connectivity index (χ0n) is 48.4. The lowest BCUT2D eigenvalue weighted by Gasteiger charge is -2.71. The van der Waals surface area contributed by atoms with Crippen LogP contribution in [0.3, 0.4) is 0 Å². The van der Waals surface area contributed by atoms with Crippen molar-refractivity contribution in [1.29, 1.82) is 0 Å². The molecule has 6 unspecified atom stereocenters. The first-order valence-corrected chi connectivity index (χ1v) is 33.4. The van der Waals surface area contributed by atoms with Gasteiger partial charge in [-0.15, -0.1) is 0 Å². The number of likely N-dealkylation sites (tertiary alicyclic amines) is 1. The summed E-state index contributed by atoms with van der Waals surface area (Å²) in [7, 11) is 0. The maximum Gasteiger partial charge on any atom is 0.0842 e. The third-order valence-electron chi connectivity index (χ3n) is 25.8. The molecule has 18 rings (SSSR count). The average Bonchev–Trinajstić information content (AvgIpc) is 1.54. The molecule has 15 fully saturated rings. The molecule has 0 amide bonds. The van der Waals surface area contributed by atoms with Gasteiger partial charge in [-0.25, -0.2) is 0 Å². The molecule has 422 valence electrons. The predicted molar refractivity (Wildman–Crippen MR) is 335 cm³/mol. The van der Waals surface area contributed by atoms with Crippen molar-refractivity contribution < 1.29 is 0 Å². The highest BCUT2D eigenvalue weighted by atomic mass is 32.1. The second-order valence-electron chi connectivity index (χ2n) is 32.3. The zero-order valence-corrected chi connectivity index (χ0v) is 50.8. The van der Waals surface area contributed by atoms with Crippen LogP contribution in [0, 0.1) is 44.3 Å². The Hall–Kier alpha value is -2.79. The van der Waals surface area contributed by atoms with Gasteiger partial charge in [0.25, 0.3) is 0 Å². The first-order valence-electron chi connectivity index (χ1n) is 32.2. The molecule has 0 aromatic heterocycles. The van der Waals surface area contributed by atoms with Crippen LogP contribution in [0.15, 0.2) is 78.9 Å². The van der Waals surface area contributed by atoms with Gasteiger partial charge in [-0.2, -0.15) is 0 Å². The first kappa shape index (κ1) is 53.0. The quantitative estimate of drug-likeness (QED) is 0.127. The van der Waals surface area contributed by atoms with E-state index in [-0.39, 0.29) is 48.7 Å². The van der Waals surface area contributed by atoms with E-state index in [1.54, 1.807) is 27.8 Å². The van der Waals surface area contributed by atoms with E-state index in [1.807, 2.05) is 0 Å². The minimum Gasteiger partial charge on any atom is -0.376 e. The van der Waals surface area contributed by atoms with Gasteiger partial charge >= 0.3 is 0 Å². The van der Waals surface area contributed by atoms with Crippen LogP contribution in [-0.4, -0.2) is 70.2 Å². The molecule has 2 aliphatic heterocycles. The molecule has 79 heavy (non-hydrogen) atoms. The van der Waals surface area contributed by atoms with Crippen LogP contribution in [0.5, 0.6) is 0 Å². The Morgan fingerprint density at radius 3 is 1.66 bits per heavy atom. The van der Waals surface area contributed by atoms with Crippen molar-refractivity contribution >= 4 is 51.6 Å². The van der Waals surface area contributed by atoms with Crippen LogP contribution in [-0.2, 0) is 21.7 Å². The monoisotopic (exact) mass is 1110 g/mol. The zero-order chi connectivity index (χ0) is 54.1. The van der Waals surface area contributed by atoms with E-state index in [0.29, 0.717) is 41.4 Å². The molecule has 13 saturated carbocycles. The Labute approximate surface area is 491 Å². The predicted octanol–water partition coefficient (Wildman–Crippen LogP) is 13.7. The molecule has 0 radical (unpaired) electrons. The van der Waals surface area contributed by atoms with E-state index in [2.05, 4.69) is 120 Å². The van der Waals surface area contributed by atoms with Crippen molar-refractivity contribution in [1.82, 2.24) is 20.9 Å². The highest BCUT2D eigenvalue weighted by Crippen LogP contribution is 2.77. The third kappa shape index (κ3) is 8.47. The van der Waals surface area contributed by atoms with E-state index >= 15 is 0 Å². The fraction of sp³-hybridized carbons (Fsp3) is 0.700. The largest absolute Gasteiger partial charge is 0.376 e. The summed E-state index contributed by atoms with van der Waals surface area (Å²) in [6.45, 7) is 12.2. The molecule has 6 nitrogen and oxygen atoms in total. The Morgan fingerprint density at radius 1 is 0.481 bits per heavy atom. The van der Waals surface area contributed by atoms with Gasteiger partial charge in [-0.05, 0) is 257 Å². The van der Waals surface area contributed by atoms with Crippen molar-refractivity contribution in [2.45, 2.75) is 233 Å². The first-order chi connectivity index (χ1) is 37.8. The molecule has 15 aliphatic rings. The molecule has 13 aliphatic carbocycles. The smallest absolute Gasteiger partial charge is 0.0842 e. The summed E-state index contributed by atoms with van der Waals surface area (Å²) in [5, 5.41) is 11.8. The van der Waals surface area contributed by atoms with Crippen molar-refractivity contribution in [2.75, 3.05) is 26.2 Å². The molecule has 3 aromatic rings. The van der Waals surface area contributed by atoms with Crippen molar-refractivity contribution in [3.05, 3.63) is 107 Å².